The molecule has 44 heavy (non-hydrogen) atoms. The first kappa shape index (κ1) is 33.2. The van der Waals surface area contributed by atoms with Crippen molar-refractivity contribution < 1.29 is 38.5 Å². The fourth-order valence-electron chi connectivity index (χ4n) is 6.77. The molecular formula is C33H45N3O8. The summed E-state index contributed by atoms with van der Waals surface area (Å²) in [6, 6.07) is 6.14. The number of carbonyl (C=O) groups excluding carboxylic acids is 4. The number of methoxy groups -OCH3 is 1. The highest BCUT2D eigenvalue weighted by atomic mass is 16.6. The van der Waals surface area contributed by atoms with Gasteiger partial charge in [-0.1, -0.05) is 12.2 Å². The first-order valence-corrected chi connectivity index (χ1v) is 15.5. The zero-order valence-corrected chi connectivity index (χ0v) is 25.7. The molecule has 4 rings (SSSR count). The van der Waals surface area contributed by atoms with Crippen LogP contribution >= 0.6 is 0 Å². The molecule has 1 aromatic rings. The molecular weight excluding hydrogens is 566 g/mol. The van der Waals surface area contributed by atoms with Crippen LogP contribution in [-0.4, -0.2) is 90.9 Å². The first-order chi connectivity index (χ1) is 21.2. The largest absolute Gasteiger partial charge is 0.497 e. The first-order valence-electron chi connectivity index (χ1n) is 15.5. The number of amides is 3. The molecule has 0 radical (unpaired) electrons. The van der Waals surface area contributed by atoms with E-state index in [1.165, 1.54) is 0 Å². The quantitative estimate of drug-likeness (QED) is 0.156. The summed E-state index contributed by atoms with van der Waals surface area (Å²) in [5.41, 5.74) is -0.552. The molecule has 3 heterocycles. The summed E-state index contributed by atoms with van der Waals surface area (Å²) in [6.07, 6.45) is 5.79. The predicted octanol–water partition coefficient (Wildman–Crippen LogP) is 2.77. The minimum atomic E-state index is -1.17. The Hall–Kier alpha value is -3.70. The lowest BCUT2D eigenvalue weighted by Crippen LogP contribution is -2.56. The van der Waals surface area contributed by atoms with Crippen molar-refractivity contribution >= 4 is 29.4 Å². The summed E-state index contributed by atoms with van der Waals surface area (Å²) in [6.45, 7) is 9.83. The van der Waals surface area contributed by atoms with Gasteiger partial charge in [0.15, 0.2) is 0 Å². The van der Waals surface area contributed by atoms with Gasteiger partial charge in [0.1, 0.15) is 23.5 Å². The van der Waals surface area contributed by atoms with Crippen molar-refractivity contribution in [2.45, 2.75) is 75.7 Å². The van der Waals surface area contributed by atoms with E-state index in [9.17, 15) is 24.3 Å². The van der Waals surface area contributed by atoms with E-state index < -0.39 is 41.7 Å². The second-order valence-electron chi connectivity index (χ2n) is 11.7. The van der Waals surface area contributed by atoms with E-state index in [4.69, 9.17) is 14.2 Å². The lowest BCUT2D eigenvalue weighted by molar-refractivity contribution is -0.159. The lowest BCUT2D eigenvalue weighted by Gasteiger charge is -2.36. The van der Waals surface area contributed by atoms with Crippen LogP contribution in [0.4, 0.5) is 5.69 Å². The molecule has 0 unspecified atom stereocenters. The molecule has 2 N–H and O–H groups in total. The van der Waals surface area contributed by atoms with Gasteiger partial charge in [-0.05, 0) is 69.7 Å². The second-order valence-corrected chi connectivity index (χ2v) is 11.7. The minimum Gasteiger partial charge on any atom is -0.497 e. The number of carbonyl (C=O) groups is 4. The van der Waals surface area contributed by atoms with E-state index >= 15 is 0 Å². The number of hydrogen-bond acceptors (Lipinski definition) is 8. The van der Waals surface area contributed by atoms with Crippen molar-refractivity contribution in [3.63, 3.8) is 0 Å². The molecule has 3 aliphatic rings. The van der Waals surface area contributed by atoms with E-state index in [0.29, 0.717) is 62.9 Å². The average molecular weight is 612 g/mol. The molecule has 1 spiro atoms. The summed E-state index contributed by atoms with van der Waals surface area (Å²) in [4.78, 5) is 57.5. The number of benzene rings is 1. The molecule has 6 atom stereocenters. The number of nitrogens with zero attached hydrogens (tertiary/aromatic N) is 2. The maximum absolute atomic E-state index is 14.5. The molecule has 11 heteroatoms. The summed E-state index contributed by atoms with van der Waals surface area (Å²) in [5, 5.41) is 12.0. The Morgan fingerprint density at radius 3 is 2.61 bits per heavy atom. The highest BCUT2D eigenvalue weighted by Gasteiger charge is 2.75. The third-order valence-corrected chi connectivity index (χ3v) is 8.80. The van der Waals surface area contributed by atoms with E-state index in [1.54, 1.807) is 60.3 Å². The van der Waals surface area contributed by atoms with Crippen LogP contribution in [0.5, 0.6) is 5.75 Å². The van der Waals surface area contributed by atoms with Gasteiger partial charge in [-0.15, -0.1) is 13.2 Å². The number of aliphatic hydroxyl groups excluding tert-OH is 1. The van der Waals surface area contributed by atoms with Gasteiger partial charge in [0, 0.05) is 31.8 Å². The smallest absolute Gasteiger partial charge is 0.312 e. The molecule has 11 nitrogen and oxygen atoms in total. The number of aliphatic hydroxyl groups is 1. The van der Waals surface area contributed by atoms with E-state index in [1.807, 2.05) is 0 Å². The van der Waals surface area contributed by atoms with Gasteiger partial charge in [0.2, 0.25) is 11.8 Å². The molecule has 3 aliphatic heterocycles. The van der Waals surface area contributed by atoms with Crippen molar-refractivity contribution in [2.24, 2.45) is 11.8 Å². The van der Waals surface area contributed by atoms with Crippen LogP contribution < -0.4 is 15.0 Å². The molecule has 0 saturated carbocycles. The Morgan fingerprint density at radius 2 is 1.95 bits per heavy atom. The lowest BCUT2D eigenvalue weighted by atomic mass is 9.70. The van der Waals surface area contributed by atoms with Crippen LogP contribution in [0.25, 0.3) is 0 Å². The summed E-state index contributed by atoms with van der Waals surface area (Å²) >= 11 is 0. The number of esters is 1. The van der Waals surface area contributed by atoms with Crippen molar-refractivity contribution in [3.05, 3.63) is 49.6 Å². The van der Waals surface area contributed by atoms with Crippen LogP contribution in [0.2, 0.25) is 0 Å². The normalized spacial score (nSPS) is 25.7. The van der Waals surface area contributed by atoms with E-state index in [2.05, 4.69) is 18.5 Å². The van der Waals surface area contributed by atoms with Gasteiger partial charge in [-0.2, -0.15) is 0 Å². The van der Waals surface area contributed by atoms with Crippen molar-refractivity contribution in [1.29, 1.82) is 0 Å². The molecule has 2 bridgehead atoms. The zero-order valence-electron chi connectivity index (χ0n) is 25.7. The number of hydrogen-bond donors (Lipinski definition) is 2. The average Bonchev–Trinajstić information content (AvgIpc) is 3.67. The van der Waals surface area contributed by atoms with E-state index in [-0.39, 0.29) is 37.4 Å². The summed E-state index contributed by atoms with van der Waals surface area (Å²) < 4.78 is 17.6. The van der Waals surface area contributed by atoms with Crippen LogP contribution in [-0.2, 0) is 28.7 Å². The van der Waals surface area contributed by atoms with Crippen LogP contribution in [0.3, 0.4) is 0 Å². The Morgan fingerprint density at radius 1 is 1.20 bits per heavy atom. The molecule has 240 valence electrons. The number of rotatable bonds is 17. The number of allylic oxidation sites excluding steroid dienone is 1. The summed E-state index contributed by atoms with van der Waals surface area (Å²) in [7, 11) is 1.57. The highest BCUT2D eigenvalue weighted by Crippen LogP contribution is 2.59. The third kappa shape index (κ3) is 6.68. The standard InChI is InChI=1S/C33H45N3O8/c1-5-7-11-26(38)34-21-22(3)43-32(41)27-25-16-17-33(44-25)28(27)30(39)36(19-9-8-10-20-37)29(33)31(40)35(18-6-2)23-12-14-24(42-4)15-13-23/h5-6,12-15,22,25,27-29,37H,1-2,7-11,16-21H2,3-4H3,(H,34,38)/t22-,25+,27-,28-,29+,33-/m1/s1. The number of fused-ring (bicyclic) bond motifs is 1. The van der Waals surface area contributed by atoms with Gasteiger partial charge < -0.3 is 34.4 Å². The molecule has 0 aromatic heterocycles. The Bertz CT molecular complexity index is 1220. The molecule has 0 aliphatic carbocycles. The number of unbranched alkanes of at least 4 members (excludes halogenated alkanes) is 2. The van der Waals surface area contributed by atoms with Crippen molar-refractivity contribution in [3.8, 4) is 5.75 Å². The monoisotopic (exact) mass is 611 g/mol. The Balaban J connectivity index is 1.59. The minimum absolute atomic E-state index is 0.0407. The second kappa shape index (κ2) is 14.9. The summed E-state index contributed by atoms with van der Waals surface area (Å²) in [5.74, 6) is -2.41. The third-order valence-electron chi connectivity index (χ3n) is 8.80. The number of nitrogens with one attached hydrogen (secondary N) is 1. The molecule has 3 saturated heterocycles. The number of ether oxygens (including phenoxy) is 3. The Labute approximate surface area is 259 Å². The molecule has 3 amide bonds. The zero-order chi connectivity index (χ0) is 31.9. The molecule has 1 aromatic carbocycles. The maximum atomic E-state index is 14.5. The van der Waals surface area contributed by atoms with Crippen LogP contribution in [0.1, 0.15) is 51.9 Å². The predicted molar refractivity (Wildman–Crippen MR) is 164 cm³/mol. The van der Waals surface area contributed by atoms with Crippen LogP contribution in [0.15, 0.2) is 49.6 Å². The molecule has 3 fully saturated rings. The Kier molecular flexibility index (Phi) is 11.2. The van der Waals surface area contributed by atoms with Gasteiger partial charge >= 0.3 is 5.97 Å². The topological polar surface area (TPSA) is 135 Å². The fraction of sp³-hybridized carbons (Fsp3) is 0.576. The van der Waals surface area contributed by atoms with Crippen molar-refractivity contribution in [2.75, 3.05) is 38.3 Å². The van der Waals surface area contributed by atoms with Crippen molar-refractivity contribution in [1.82, 2.24) is 10.2 Å². The fourth-order valence-corrected chi connectivity index (χ4v) is 6.77. The number of anilines is 1. The van der Waals surface area contributed by atoms with E-state index in [0.717, 1.165) is 0 Å². The van der Waals surface area contributed by atoms with Gasteiger partial charge in [-0.3, -0.25) is 19.2 Å². The van der Waals surface area contributed by atoms with Gasteiger partial charge in [0.25, 0.3) is 5.91 Å². The number of likely N-dealkylation sites (tertiary alicyclic amines) is 1. The van der Waals surface area contributed by atoms with Gasteiger partial charge in [-0.25, -0.2) is 0 Å². The highest BCUT2D eigenvalue weighted by molar-refractivity contribution is 6.04. The SMILES string of the molecule is C=CCCC(=O)NC[C@@H](C)OC(=O)[C@@H]1[C@@H]2CC[C@]3(O2)[C@H](C(=O)N(CC=C)c2ccc(OC)cc2)N(CCCCCO)C(=O)[C@@H]13. The maximum Gasteiger partial charge on any atom is 0.312 e. The van der Waals surface area contributed by atoms with Crippen LogP contribution in [0, 0.1) is 11.8 Å². The van der Waals surface area contributed by atoms with Gasteiger partial charge in [0.05, 0.1) is 31.6 Å².